The van der Waals surface area contributed by atoms with Crippen LogP contribution in [-0.2, 0) is 16.6 Å². The van der Waals surface area contributed by atoms with Gasteiger partial charge < -0.3 is 10.4 Å². The van der Waals surface area contributed by atoms with Gasteiger partial charge in [0, 0.05) is 6.04 Å². The normalized spacial score (nSPS) is 17.3. The van der Waals surface area contributed by atoms with Crippen LogP contribution in [0.15, 0.2) is 60.7 Å². The van der Waals surface area contributed by atoms with Crippen molar-refractivity contribution in [2.45, 2.75) is 43.6 Å². The van der Waals surface area contributed by atoms with Crippen LogP contribution in [0, 0.1) is 0 Å². The van der Waals surface area contributed by atoms with Gasteiger partial charge in [-0.15, -0.1) is 0 Å². The van der Waals surface area contributed by atoms with Crippen LogP contribution in [0.5, 0.6) is 0 Å². The molecule has 2 aromatic carbocycles. The van der Waals surface area contributed by atoms with Crippen molar-refractivity contribution in [3.05, 3.63) is 71.8 Å². The molecule has 0 aromatic heterocycles. The molecule has 0 bridgehead atoms. The first-order valence-electron chi connectivity index (χ1n) is 9.21. The van der Waals surface area contributed by atoms with E-state index >= 15 is 0 Å². The molecule has 0 spiro atoms. The highest BCUT2D eigenvalue weighted by atomic mass is 16.3. The third kappa shape index (κ3) is 4.17. The third-order valence-corrected chi connectivity index (χ3v) is 5.41. The first kappa shape index (κ1) is 17.8. The third-order valence-electron chi connectivity index (χ3n) is 5.41. The molecule has 0 saturated heterocycles. The Kier molecular flexibility index (Phi) is 6.00. The van der Waals surface area contributed by atoms with Crippen molar-refractivity contribution < 1.29 is 9.90 Å². The number of nitrogens with one attached hydrogen (secondary N) is 1. The van der Waals surface area contributed by atoms with E-state index in [1.807, 2.05) is 36.4 Å². The van der Waals surface area contributed by atoms with Gasteiger partial charge in [-0.3, -0.25) is 4.79 Å². The first-order chi connectivity index (χ1) is 12.2. The van der Waals surface area contributed by atoms with Crippen molar-refractivity contribution in [2.24, 2.45) is 0 Å². The molecule has 1 atom stereocenters. The van der Waals surface area contributed by atoms with E-state index in [9.17, 15) is 9.90 Å². The molecule has 2 N–H and O–H groups in total. The maximum Gasteiger partial charge on any atom is 0.157 e. The summed E-state index contributed by atoms with van der Waals surface area (Å²) < 4.78 is 0. The number of benzene rings is 2. The molecule has 3 rings (SSSR count). The Hall–Kier alpha value is -1.97. The highest BCUT2D eigenvalue weighted by molar-refractivity contribution is 5.92. The Balaban J connectivity index is 1.65. The lowest BCUT2D eigenvalue weighted by Gasteiger charge is -2.29. The van der Waals surface area contributed by atoms with Crippen LogP contribution in [0.25, 0.3) is 0 Å². The number of carbonyl (C=O) groups is 1. The van der Waals surface area contributed by atoms with Crippen molar-refractivity contribution in [1.82, 2.24) is 5.32 Å². The highest BCUT2D eigenvalue weighted by Gasteiger charge is 2.41. The standard InChI is InChI=1S/C22H27NO2/c24-17-20(15-18-9-3-1-4-10-18)23-16-21(25)22(13-7-8-14-22)19-11-5-2-6-12-19/h1-6,9-12,20,23-24H,7-8,13-17H2/t20-/m0/s1. The summed E-state index contributed by atoms with van der Waals surface area (Å²) in [5.74, 6) is 0.253. The molecule has 0 heterocycles. The number of aliphatic hydroxyl groups excluding tert-OH is 1. The number of hydrogen-bond donors (Lipinski definition) is 2. The highest BCUT2D eigenvalue weighted by Crippen LogP contribution is 2.41. The number of rotatable bonds is 8. The SMILES string of the molecule is O=C(CN[C@H](CO)Cc1ccccc1)C1(c2ccccc2)CCCC1. The van der Waals surface area contributed by atoms with E-state index < -0.39 is 0 Å². The maximum absolute atomic E-state index is 13.1. The zero-order valence-corrected chi connectivity index (χ0v) is 14.7. The largest absolute Gasteiger partial charge is 0.395 e. The summed E-state index contributed by atoms with van der Waals surface area (Å²) >= 11 is 0. The van der Waals surface area contributed by atoms with Crippen LogP contribution >= 0.6 is 0 Å². The van der Waals surface area contributed by atoms with E-state index in [1.54, 1.807) is 0 Å². The van der Waals surface area contributed by atoms with Crippen molar-refractivity contribution >= 4 is 5.78 Å². The molecule has 1 aliphatic carbocycles. The monoisotopic (exact) mass is 337 g/mol. The zero-order valence-electron chi connectivity index (χ0n) is 14.7. The maximum atomic E-state index is 13.1. The van der Waals surface area contributed by atoms with Crippen molar-refractivity contribution in [3.63, 3.8) is 0 Å². The van der Waals surface area contributed by atoms with E-state index in [4.69, 9.17) is 0 Å². The van der Waals surface area contributed by atoms with Crippen LogP contribution < -0.4 is 5.32 Å². The summed E-state index contributed by atoms with van der Waals surface area (Å²) in [5, 5.41) is 13.0. The van der Waals surface area contributed by atoms with Crippen molar-refractivity contribution in [3.8, 4) is 0 Å². The van der Waals surface area contributed by atoms with E-state index in [-0.39, 0.29) is 23.8 Å². The lowest BCUT2D eigenvalue weighted by molar-refractivity contribution is -0.123. The van der Waals surface area contributed by atoms with E-state index in [0.29, 0.717) is 6.54 Å². The van der Waals surface area contributed by atoms with Crippen LogP contribution in [0.3, 0.4) is 0 Å². The molecular formula is C22H27NO2. The molecule has 1 aliphatic rings. The van der Waals surface area contributed by atoms with Crippen LogP contribution in [0.4, 0.5) is 0 Å². The van der Waals surface area contributed by atoms with Gasteiger partial charge in [0.2, 0.25) is 0 Å². The first-order valence-corrected chi connectivity index (χ1v) is 9.21. The van der Waals surface area contributed by atoms with E-state index in [1.165, 1.54) is 5.56 Å². The lowest BCUT2D eigenvalue weighted by Crippen LogP contribution is -2.44. The summed E-state index contributed by atoms with van der Waals surface area (Å²) in [4.78, 5) is 13.1. The number of ketones is 1. The molecule has 25 heavy (non-hydrogen) atoms. The average molecular weight is 337 g/mol. The van der Waals surface area contributed by atoms with Gasteiger partial charge in [0.25, 0.3) is 0 Å². The van der Waals surface area contributed by atoms with Gasteiger partial charge in [-0.05, 0) is 30.4 Å². The molecule has 3 nitrogen and oxygen atoms in total. The van der Waals surface area contributed by atoms with Gasteiger partial charge in [-0.2, -0.15) is 0 Å². The zero-order chi connectivity index (χ0) is 17.5. The summed E-state index contributed by atoms with van der Waals surface area (Å²) in [6.45, 7) is 0.341. The van der Waals surface area contributed by atoms with Crippen molar-refractivity contribution in [2.75, 3.05) is 13.2 Å². The van der Waals surface area contributed by atoms with Crippen LogP contribution in [0.1, 0.15) is 36.8 Å². The Morgan fingerprint density at radius 1 is 1.00 bits per heavy atom. The quantitative estimate of drug-likeness (QED) is 0.777. The van der Waals surface area contributed by atoms with Crippen LogP contribution in [0.2, 0.25) is 0 Å². The second kappa shape index (κ2) is 8.41. The fourth-order valence-corrected chi connectivity index (χ4v) is 3.97. The summed E-state index contributed by atoms with van der Waals surface area (Å²) in [5.41, 5.74) is 1.96. The summed E-state index contributed by atoms with van der Waals surface area (Å²) in [7, 11) is 0. The Labute approximate surface area is 150 Å². The minimum absolute atomic E-state index is 0.0283. The average Bonchev–Trinajstić information content (AvgIpc) is 3.17. The molecule has 0 unspecified atom stereocenters. The number of carbonyl (C=O) groups excluding carboxylic acids is 1. The Bertz CT molecular complexity index is 663. The molecule has 2 aromatic rings. The number of hydrogen-bond acceptors (Lipinski definition) is 3. The fraction of sp³-hybridized carbons (Fsp3) is 0.409. The van der Waals surface area contributed by atoms with Crippen LogP contribution in [-0.4, -0.2) is 30.1 Å². The molecular weight excluding hydrogens is 310 g/mol. The fourth-order valence-electron chi connectivity index (χ4n) is 3.97. The topological polar surface area (TPSA) is 49.3 Å². The smallest absolute Gasteiger partial charge is 0.157 e. The Morgan fingerprint density at radius 3 is 2.20 bits per heavy atom. The molecule has 0 radical (unpaired) electrons. The Morgan fingerprint density at radius 2 is 1.60 bits per heavy atom. The predicted octanol–water partition coefficient (Wildman–Crippen LogP) is 3.26. The molecule has 1 fully saturated rings. The summed E-state index contributed by atoms with van der Waals surface area (Å²) in [6.07, 6.45) is 4.80. The van der Waals surface area contributed by atoms with Gasteiger partial charge in [0.1, 0.15) is 0 Å². The molecule has 1 saturated carbocycles. The van der Waals surface area contributed by atoms with E-state index in [2.05, 4.69) is 29.6 Å². The second-order valence-electron chi connectivity index (χ2n) is 7.03. The van der Waals surface area contributed by atoms with Gasteiger partial charge in [0.15, 0.2) is 5.78 Å². The second-order valence-corrected chi connectivity index (χ2v) is 7.03. The lowest BCUT2D eigenvalue weighted by atomic mass is 9.75. The number of Topliss-reactive ketones (excluding diaryl/α,β-unsaturated/α-hetero) is 1. The van der Waals surface area contributed by atoms with Crippen molar-refractivity contribution in [1.29, 1.82) is 0 Å². The molecule has 132 valence electrons. The summed E-state index contributed by atoms with van der Waals surface area (Å²) in [6, 6.07) is 20.2. The molecule has 0 aliphatic heterocycles. The van der Waals surface area contributed by atoms with Gasteiger partial charge in [-0.1, -0.05) is 73.5 Å². The number of aliphatic hydroxyl groups is 1. The van der Waals surface area contributed by atoms with E-state index in [0.717, 1.165) is 37.7 Å². The minimum atomic E-state index is -0.346. The molecule has 3 heteroatoms. The minimum Gasteiger partial charge on any atom is -0.395 e. The van der Waals surface area contributed by atoms with Gasteiger partial charge >= 0.3 is 0 Å². The van der Waals surface area contributed by atoms with Gasteiger partial charge in [0.05, 0.1) is 18.6 Å². The molecule has 0 amide bonds. The predicted molar refractivity (Wildman–Crippen MR) is 101 cm³/mol. The van der Waals surface area contributed by atoms with Gasteiger partial charge in [-0.25, -0.2) is 0 Å².